The van der Waals surface area contributed by atoms with Crippen LogP contribution in [-0.4, -0.2) is 38.4 Å². The molecular weight excluding hydrogens is 484 g/mol. The van der Waals surface area contributed by atoms with Gasteiger partial charge in [-0.1, -0.05) is 0 Å². The molecule has 4 N–H and O–H groups in total. The average Bonchev–Trinajstić information content (AvgIpc) is 3.58. The van der Waals surface area contributed by atoms with Gasteiger partial charge in [0.1, 0.15) is 11.5 Å². The molecule has 4 aromatic rings. The summed E-state index contributed by atoms with van der Waals surface area (Å²) in [6.07, 6.45) is 2.78. The number of thiophene rings is 2. The second-order valence-electron chi connectivity index (χ2n) is 7.97. The van der Waals surface area contributed by atoms with Crippen molar-refractivity contribution in [1.29, 1.82) is 0 Å². The maximum absolute atomic E-state index is 10.9. The molecule has 2 radical (unpaired) electrons. The van der Waals surface area contributed by atoms with E-state index in [0.717, 1.165) is 32.4 Å². The van der Waals surface area contributed by atoms with Crippen molar-refractivity contribution in [3.8, 4) is 44.0 Å². The smallest absolute Gasteiger partial charge is 0.303 e. The van der Waals surface area contributed by atoms with E-state index in [-0.39, 0.29) is 24.5 Å². The van der Waals surface area contributed by atoms with E-state index in [4.69, 9.17) is 21.8 Å². The third-order valence-electron chi connectivity index (χ3n) is 5.53. The summed E-state index contributed by atoms with van der Waals surface area (Å²) in [5.74, 6) is -0.0543. The van der Waals surface area contributed by atoms with Crippen LogP contribution in [0.1, 0.15) is 34.6 Å². The first kappa shape index (κ1) is 25.0. The van der Waals surface area contributed by atoms with Crippen LogP contribution in [0.4, 0.5) is 0 Å². The van der Waals surface area contributed by atoms with Crippen molar-refractivity contribution in [1.82, 2.24) is 9.97 Å². The van der Waals surface area contributed by atoms with E-state index in [1.807, 2.05) is 18.2 Å². The molecule has 0 atom stereocenters. The Labute approximate surface area is 211 Å². The fraction of sp³-hybridized carbons (Fsp3) is 0.269. The zero-order chi connectivity index (χ0) is 24.9. The topological polar surface area (TPSA) is 116 Å². The number of carboxylic acids is 1. The molecule has 0 unspecified atom stereocenters. The zero-order valence-electron chi connectivity index (χ0n) is 19.2. The summed E-state index contributed by atoms with van der Waals surface area (Å²) in [6, 6.07) is 11.5. The molecule has 35 heavy (non-hydrogen) atoms. The van der Waals surface area contributed by atoms with Gasteiger partial charge in [0.05, 0.1) is 29.2 Å². The highest BCUT2D eigenvalue weighted by atomic mass is 32.1. The quantitative estimate of drug-likeness (QED) is 0.203. The van der Waals surface area contributed by atoms with Crippen molar-refractivity contribution in [2.45, 2.75) is 38.7 Å². The van der Waals surface area contributed by atoms with E-state index >= 15 is 0 Å². The molecule has 4 rings (SSSR count). The van der Waals surface area contributed by atoms with Crippen molar-refractivity contribution in [3.63, 3.8) is 0 Å². The van der Waals surface area contributed by atoms with Crippen LogP contribution < -0.4 is 4.74 Å². The number of aryl methyl sites for hydroxylation is 2. The van der Waals surface area contributed by atoms with Gasteiger partial charge in [0.2, 0.25) is 0 Å². The number of aliphatic carboxylic acids is 1. The Bertz CT molecular complexity index is 1300. The van der Waals surface area contributed by atoms with Crippen LogP contribution in [-0.2, 0) is 24.2 Å². The van der Waals surface area contributed by atoms with Gasteiger partial charge >= 0.3 is 5.97 Å². The van der Waals surface area contributed by atoms with Gasteiger partial charge in [0.25, 0.3) is 0 Å². The van der Waals surface area contributed by atoms with Gasteiger partial charge < -0.3 is 25.0 Å². The number of hydrogen-bond donors (Lipinski definition) is 4. The fourth-order valence-electron chi connectivity index (χ4n) is 3.79. The number of aromatic hydroxyl groups is 1. The molecule has 0 saturated heterocycles. The second kappa shape index (κ2) is 11.1. The first-order valence-corrected chi connectivity index (χ1v) is 12.8. The molecule has 1 aromatic carbocycles. The fourth-order valence-corrected chi connectivity index (χ4v) is 5.86. The number of rotatable bonds is 11. The number of methoxy groups -OCH3 is 1. The maximum atomic E-state index is 10.9. The van der Waals surface area contributed by atoms with Crippen molar-refractivity contribution in [2.24, 2.45) is 0 Å². The zero-order valence-corrected chi connectivity index (χ0v) is 20.8. The number of benzene rings is 1. The van der Waals surface area contributed by atoms with Crippen LogP contribution in [0, 0.1) is 6.92 Å². The van der Waals surface area contributed by atoms with Gasteiger partial charge in [-0.25, -0.2) is 4.98 Å². The third-order valence-corrected chi connectivity index (χ3v) is 7.84. The Kier molecular flexibility index (Phi) is 7.90. The molecule has 0 spiro atoms. The number of nitrogens with zero attached hydrogens (tertiary/aromatic N) is 1. The first-order chi connectivity index (χ1) is 16.9. The lowest BCUT2D eigenvalue weighted by Gasteiger charge is -2.09. The standard InChI is InChI=1S/C26H26N2O5S2/c1-3-5-17-8-10-20(34-17)23-24(21-11-9-18(35-21)6-4-7-22(30)31)28-26(27-23)15-12-16(14-29)25(32)19(13-15)33-2/h1,8-13,29,32H,3-7,14H2,2H3,(H,27,28)(H,30,31). The molecule has 0 aliphatic rings. The van der Waals surface area contributed by atoms with Gasteiger partial charge in [-0.05, 0) is 69.0 Å². The summed E-state index contributed by atoms with van der Waals surface area (Å²) in [5, 5.41) is 28.9. The Morgan fingerprint density at radius 2 is 1.83 bits per heavy atom. The number of aliphatic hydroxyl groups excluding tert-OH is 1. The molecule has 7 nitrogen and oxygen atoms in total. The number of ether oxygens (including phenoxy) is 1. The minimum atomic E-state index is -0.792. The normalized spacial score (nSPS) is 11.2. The van der Waals surface area contributed by atoms with Gasteiger partial charge in [-0.3, -0.25) is 4.79 Å². The lowest BCUT2D eigenvalue weighted by Crippen LogP contribution is -1.94. The molecule has 0 aliphatic carbocycles. The van der Waals surface area contributed by atoms with E-state index in [1.165, 1.54) is 12.0 Å². The van der Waals surface area contributed by atoms with Crippen LogP contribution >= 0.6 is 22.7 Å². The molecule has 0 saturated carbocycles. The second-order valence-corrected chi connectivity index (χ2v) is 10.3. The lowest BCUT2D eigenvalue weighted by molar-refractivity contribution is -0.137. The van der Waals surface area contributed by atoms with Crippen LogP contribution in [0.5, 0.6) is 11.5 Å². The van der Waals surface area contributed by atoms with Gasteiger partial charge in [-0.2, -0.15) is 0 Å². The molecular formula is C26H26N2O5S2. The largest absolute Gasteiger partial charge is 0.504 e. The van der Waals surface area contributed by atoms with Crippen molar-refractivity contribution >= 4 is 28.6 Å². The van der Waals surface area contributed by atoms with Gasteiger partial charge in [0.15, 0.2) is 11.5 Å². The lowest BCUT2D eigenvalue weighted by atomic mass is 10.1. The molecule has 3 aromatic heterocycles. The van der Waals surface area contributed by atoms with E-state index in [2.05, 4.69) is 11.1 Å². The first-order valence-electron chi connectivity index (χ1n) is 11.1. The summed E-state index contributed by atoms with van der Waals surface area (Å²) in [6.45, 7) is 5.40. The summed E-state index contributed by atoms with van der Waals surface area (Å²) >= 11 is 3.25. The van der Waals surface area contributed by atoms with E-state index in [1.54, 1.807) is 34.8 Å². The van der Waals surface area contributed by atoms with Gasteiger partial charge in [0, 0.05) is 27.3 Å². The Balaban J connectivity index is 1.77. The summed E-state index contributed by atoms with van der Waals surface area (Å²) < 4.78 is 5.29. The molecule has 0 amide bonds. The average molecular weight is 511 g/mol. The third kappa shape index (κ3) is 5.58. The highest BCUT2D eigenvalue weighted by Gasteiger charge is 2.20. The molecule has 3 heterocycles. The maximum Gasteiger partial charge on any atom is 0.303 e. The molecule has 0 aliphatic heterocycles. The monoisotopic (exact) mass is 510 g/mol. The number of phenols is 1. The van der Waals surface area contributed by atoms with Crippen molar-refractivity contribution < 1.29 is 24.9 Å². The minimum absolute atomic E-state index is 0.0975. The molecule has 182 valence electrons. The van der Waals surface area contributed by atoms with Crippen molar-refractivity contribution in [3.05, 3.63) is 58.6 Å². The minimum Gasteiger partial charge on any atom is -0.504 e. The van der Waals surface area contributed by atoms with E-state index in [0.29, 0.717) is 36.2 Å². The Hall–Kier alpha value is -3.14. The van der Waals surface area contributed by atoms with E-state index < -0.39 is 5.97 Å². The summed E-state index contributed by atoms with van der Waals surface area (Å²) in [4.78, 5) is 23.5. The van der Waals surface area contributed by atoms with Crippen molar-refractivity contribution in [2.75, 3.05) is 7.11 Å². The predicted molar refractivity (Wildman–Crippen MR) is 138 cm³/mol. The highest BCUT2D eigenvalue weighted by molar-refractivity contribution is 7.16. The van der Waals surface area contributed by atoms with Crippen LogP contribution in [0.2, 0.25) is 0 Å². The summed E-state index contributed by atoms with van der Waals surface area (Å²) in [7, 11) is 1.46. The number of aliphatic hydroxyl groups is 1. The molecule has 0 fully saturated rings. The van der Waals surface area contributed by atoms with E-state index in [9.17, 15) is 15.0 Å². The van der Waals surface area contributed by atoms with Crippen LogP contribution in [0.25, 0.3) is 32.5 Å². The van der Waals surface area contributed by atoms with Crippen LogP contribution in [0.15, 0.2) is 36.4 Å². The number of carbonyl (C=O) groups is 1. The Morgan fingerprint density at radius 1 is 1.11 bits per heavy atom. The number of aromatic nitrogens is 2. The number of nitrogens with one attached hydrogen (secondary N) is 1. The number of aromatic amines is 1. The number of imidazole rings is 1. The predicted octanol–water partition coefficient (Wildman–Crippen LogP) is 5.79. The molecule has 9 heteroatoms. The highest BCUT2D eigenvalue weighted by Crippen LogP contribution is 2.41. The van der Waals surface area contributed by atoms with Crippen LogP contribution in [0.3, 0.4) is 0 Å². The Morgan fingerprint density at radius 3 is 2.51 bits per heavy atom. The number of H-pyrrole nitrogens is 1. The molecule has 0 bridgehead atoms. The summed E-state index contributed by atoms with van der Waals surface area (Å²) in [5.41, 5.74) is 2.67. The number of hydrogen-bond acceptors (Lipinski definition) is 7. The SMILES string of the molecule is [CH]CCc1ccc(-c2nc(-c3cc(CO)c(O)c(OC)c3)[nH]c2-c2ccc(CCCC(=O)O)s2)s1. The van der Waals surface area contributed by atoms with Gasteiger partial charge in [-0.15, -0.1) is 22.7 Å². The number of carboxylic acid groups (broad SMARTS) is 1.